The van der Waals surface area contributed by atoms with Gasteiger partial charge < -0.3 is 19.1 Å². The minimum Gasteiger partial charge on any atom is -0.367 e. The Labute approximate surface area is 144 Å². The van der Waals surface area contributed by atoms with Gasteiger partial charge >= 0.3 is 0 Å². The molecule has 0 bridgehead atoms. The SMILES string of the molecule is Cc1cc(=O)[nH]c(C2CN(C(=O)c3noc4c3CCCC4)CCO2)n1. The third kappa shape index (κ3) is 3.09. The molecule has 0 radical (unpaired) electrons. The van der Waals surface area contributed by atoms with Crippen LogP contribution in [0.4, 0.5) is 0 Å². The molecule has 1 amide bonds. The van der Waals surface area contributed by atoms with E-state index in [0.717, 1.165) is 37.0 Å². The van der Waals surface area contributed by atoms with E-state index in [-0.39, 0.29) is 11.5 Å². The number of nitrogens with zero attached hydrogens (tertiary/aromatic N) is 3. The van der Waals surface area contributed by atoms with Gasteiger partial charge in [0, 0.05) is 30.3 Å². The average molecular weight is 344 g/mol. The van der Waals surface area contributed by atoms with Crippen molar-refractivity contribution in [1.82, 2.24) is 20.0 Å². The number of morpholine rings is 1. The van der Waals surface area contributed by atoms with Gasteiger partial charge in [0.25, 0.3) is 11.5 Å². The zero-order chi connectivity index (χ0) is 17.4. The number of amides is 1. The third-order valence-corrected chi connectivity index (χ3v) is 4.70. The average Bonchev–Trinajstić information content (AvgIpc) is 3.04. The second-order valence-electron chi connectivity index (χ2n) is 6.52. The molecule has 1 fully saturated rings. The molecule has 0 spiro atoms. The maximum atomic E-state index is 12.9. The number of aryl methyl sites for hydroxylation is 2. The summed E-state index contributed by atoms with van der Waals surface area (Å²) in [6, 6.07) is 1.43. The van der Waals surface area contributed by atoms with Gasteiger partial charge in [-0.05, 0) is 26.2 Å². The first-order chi connectivity index (χ1) is 12.1. The molecular weight excluding hydrogens is 324 g/mol. The van der Waals surface area contributed by atoms with E-state index in [0.29, 0.717) is 36.9 Å². The summed E-state index contributed by atoms with van der Waals surface area (Å²) in [4.78, 5) is 33.3. The molecule has 0 saturated carbocycles. The van der Waals surface area contributed by atoms with Crippen molar-refractivity contribution < 1.29 is 14.1 Å². The molecule has 2 aromatic heterocycles. The summed E-state index contributed by atoms with van der Waals surface area (Å²) in [5.41, 5.74) is 1.76. The number of hydrogen-bond donors (Lipinski definition) is 1. The van der Waals surface area contributed by atoms with Crippen LogP contribution in [-0.4, -0.2) is 45.6 Å². The van der Waals surface area contributed by atoms with Gasteiger partial charge in [-0.1, -0.05) is 5.16 Å². The van der Waals surface area contributed by atoms with E-state index in [1.807, 2.05) is 0 Å². The fourth-order valence-corrected chi connectivity index (χ4v) is 3.46. The second-order valence-corrected chi connectivity index (χ2v) is 6.52. The van der Waals surface area contributed by atoms with E-state index >= 15 is 0 Å². The second kappa shape index (κ2) is 6.44. The van der Waals surface area contributed by atoms with Gasteiger partial charge in [-0.25, -0.2) is 4.98 Å². The monoisotopic (exact) mass is 344 g/mol. The first-order valence-electron chi connectivity index (χ1n) is 8.58. The summed E-state index contributed by atoms with van der Waals surface area (Å²) in [5, 5.41) is 4.02. The van der Waals surface area contributed by atoms with Crippen molar-refractivity contribution in [2.24, 2.45) is 0 Å². The number of ether oxygens (including phenoxy) is 1. The lowest BCUT2D eigenvalue weighted by Gasteiger charge is -2.32. The zero-order valence-electron chi connectivity index (χ0n) is 14.1. The molecule has 1 atom stereocenters. The molecule has 1 unspecified atom stereocenters. The fourth-order valence-electron chi connectivity index (χ4n) is 3.46. The first-order valence-corrected chi connectivity index (χ1v) is 8.58. The summed E-state index contributed by atoms with van der Waals surface area (Å²) in [6.45, 7) is 2.94. The standard InChI is InChI=1S/C17H20N4O4/c1-10-8-14(22)19-16(18-10)13-9-21(6-7-24-13)17(23)15-11-4-2-3-5-12(11)25-20-15/h8,13H,2-7,9H2,1H3,(H,18,19,22). The van der Waals surface area contributed by atoms with E-state index in [2.05, 4.69) is 15.1 Å². The van der Waals surface area contributed by atoms with Crippen LogP contribution in [0.3, 0.4) is 0 Å². The summed E-state index contributed by atoms with van der Waals surface area (Å²) in [6.07, 6.45) is 3.35. The van der Waals surface area contributed by atoms with E-state index in [9.17, 15) is 9.59 Å². The van der Waals surface area contributed by atoms with Crippen LogP contribution in [0.25, 0.3) is 0 Å². The van der Waals surface area contributed by atoms with Gasteiger partial charge in [0.1, 0.15) is 17.7 Å². The van der Waals surface area contributed by atoms with Crippen LogP contribution in [0, 0.1) is 6.92 Å². The smallest absolute Gasteiger partial charge is 0.276 e. The molecule has 8 heteroatoms. The molecular formula is C17H20N4O4. The normalized spacial score (nSPS) is 20.4. The highest BCUT2D eigenvalue weighted by Crippen LogP contribution is 2.26. The van der Waals surface area contributed by atoms with E-state index < -0.39 is 6.10 Å². The molecule has 1 saturated heterocycles. The number of hydrogen-bond acceptors (Lipinski definition) is 6. The number of aromatic amines is 1. The Balaban J connectivity index is 1.56. The number of nitrogens with one attached hydrogen (secondary N) is 1. The molecule has 8 nitrogen and oxygen atoms in total. The lowest BCUT2D eigenvalue weighted by molar-refractivity contribution is -0.0273. The van der Waals surface area contributed by atoms with Crippen LogP contribution < -0.4 is 5.56 Å². The molecule has 3 heterocycles. The van der Waals surface area contributed by atoms with E-state index in [1.165, 1.54) is 6.07 Å². The topological polar surface area (TPSA) is 101 Å². The Morgan fingerprint density at radius 3 is 3.04 bits per heavy atom. The highest BCUT2D eigenvalue weighted by molar-refractivity contribution is 5.94. The van der Waals surface area contributed by atoms with E-state index in [1.54, 1.807) is 11.8 Å². The Morgan fingerprint density at radius 1 is 1.36 bits per heavy atom. The number of rotatable bonds is 2. The number of carbonyl (C=O) groups is 1. The van der Waals surface area contributed by atoms with Crippen LogP contribution in [0.5, 0.6) is 0 Å². The lowest BCUT2D eigenvalue weighted by atomic mass is 9.96. The fraction of sp³-hybridized carbons (Fsp3) is 0.529. The molecule has 132 valence electrons. The predicted molar refractivity (Wildman–Crippen MR) is 87.3 cm³/mol. The quantitative estimate of drug-likeness (QED) is 0.877. The molecule has 1 N–H and O–H groups in total. The summed E-state index contributed by atoms with van der Waals surface area (Å²) in [7, 11) is 0. The van der Waals surface area contributed by atoms with Crippen LogP contribution in [0.2, 0.25) is 0 Å². The third-order valence-electron chi connectivity index (χ3n) is 4.70. The minimum absolute atomic E-state index is 0.143. The molecule has 2 aromatic rings. The molecule has 1 aliphatic carbocycles. The van der Waals surface area contributed by atoms with Crippen molar-refractivity contribution in [3.05, 3.63) is 45.0 Å². The van der Waals surface area contributed by atoms with Gasteiger partial charge in [0.05, 0.1) is 13.2 Å². The van der Waals surface area contributed by atoms with Crippen molar-refractivity contribution in [3.63, 3.8) is 0 Å². The number of H-pyrrole nitrogens is 1. The molecule has 2 aliphatic rings. The van der Waals surface area contributed by atoms with Crippen molar-refractivity contribution in [2.45, 2.75) is 38.7 Å². The number of carbonyl (C=O) groups excluding carboxylic acids is 1. The number of aromatic nitrogens is 3. The highest BCUT2D eigenvalue weighted by Gasteiger charge is 2.32. The Kier molecular flexibility index (Phi) is 4.12. The first kappa shape index (κ1) is 16.0. The van der Waals surface area contributed by atoms with Crippen LogP contribution in [0.1, 0.15) is 52.3 Å². The summed E-state index contributed by atoms with van der Waals surface area (Å²) < 4.78 is 11.1. The van der Waals surface area contributed by atoms with Gasteiger partial charge in [-0.15, -0.1) is 0 Å². The van der Waals surface area contributed by atoms with Crippen LogP contribution >= 0.6 is 0 Å². The van der Waals surface area contributed by atoms with Crippen LogP contribution in [-0.2, 0) is 17.6 Å². The molecule has 25 heavy (non-hydrogen) atoms. The van der Waals surface area contributed by atoms with Crippen molar-refractivity contribution in [3.8, 4) is 0 Å². The van der Waals surface area contributed by atoms with Crippen molar-refractivity contribution >= 4 is 5.91 Å². The zero-order valence-corrected chi connectivity index (χ0v) is 14.1. The predicted octanol–water partition coefficient (Wildman–Crippen LogP) is 1.16. The summed E-state index contributed by atoms with van der Waals surface area (Å²) in [5.74, 6) is 1.14. The molecule has 0 aromatic carbocycles. The minimum atomic E-state index is -0.451. The largest absolute Gasteiger partial charge is 0.367 e. The van der Waals surface area contributed by atoms with Gasteiger partial charge in [0.15, 0.2) is 5.69 Å². The Bertz CT molecular complexity index is 857. The summed E-state index contributed by atoms with van der Waals surface area (Å²) >= 11 is 0. The maximum absolute atomic E-state index is 12.9. The van der Waals surface area contributed by atoms with Crippen LogP contribution in [0.15, 0.2) is 15.4 Å². The number of fused-ring (bicyclic) bond motifs is 1. The van der Waals surface area contributed by atoms with Gasteiger partial charge in [-0.3, -0.25) is 9.59 Å². The van der Waals surface area contributed by atoms with Crippen molar-refractivity contribution in [1.29, 1.82) is 0 Å². The Hall–Kier alpha value is -2.48. The van der Waals surface area contributed by atoms with Gasteiger partial charge in [-0.2, -0.15) is 0 Å². The van der Waals surface area contributed by atoms with Crippen molar-refractivity contribution in [2.75, 3.05) is 19.7 Å². The molecule has 1 aliphatic heterocycles. The lowest BCUT2D eigenvalue weighted by Crippen LogP contribution is -2.43. The highest BCUT2D eigenvalue weighted by atomic mass is 16.5. The van der Waals surface area contributed by atoms with Gasteiger partial charge in [0.2, 0.25) is 0 Å². The maximum Gasteiger partial charge on any atom is 0.276 e. The van der Waals surface area contributed by atoms with E-state index in [4.69, 9.17) is 9.26 Å². The molecule has 4 rings (SSSR count). The Morgan fingerprint density at radius 2 is 2.20 bits per heavy atom.